The van der Waals surface area contributed by atoms with E-state index in [1.165, 1.54) is 17.3 Å². The second kappa shape index (κ2) is 7.43. The molecule has 1 fully saturated rings. The van der Waals surface area contributed by atoms with Gasteiger partial charge in [-0.1, -0.05) is 18.2 Å². The lowest BCUT2D eigenvalue weighted by molar-refractivity contribution is 0.101. The summed E-state index contributed by atoms with van der Waals surface area (Å²) in [6.45, 7) is 4.41. The number of carbonyl (C=O) groups is 1. The van der Waals surface area contributed by atoms with Gasteiger partial charge in [0.15, 0.2) is 5.78 Å². The van der Waals surface area contributed by atoms with Gasteiger partial charge in [0.25, 0.3) is 0 Å². The second-order valence-corrected chi connectivity index (χ2v) is 8.06. The molecule has 25 heavy (non-hydrogen) atoms. The van der Waals surface area contributed by atoms with Gasteiger partial charge in [-0.25, -0.2) is 8.42 Å². The van der Waals surface area contributed by atoms with E-state index in [-0.39, 0.29) is 10.7 Å². The summed E-state index contributed by atoms with van der Waals surface area (Å²) >= 11 is 0. The quantitative estimate of drug-likeness (QED) is 0.761. The number of sulfonamides is 1. The average molecular weight is 359 g/mol. The molecular weight excluding hydrogens is 338 g/mol. The van der Waals surface area contributed by atoms with Gasteiger partial charge in [0, 0.05) is 50.7 Å². The SMILES string of the molecule is CC(=O)c1cccc(S(=O)(=O)N2CCN(Cc3cccnc3)CC2)c1. The Bertz CT molecular complexity index is 845. The van der Waals surface area contributed by atoms with Crippen LogP contribution in [0.1, 0.15) is 22.8 Å². The largest absolute Gasteiger partial charge is 0.296 e. The second-order valence-electron chi connectivity index (χ2n) is 6.13. The summed E-state index contributed by atoms with van der Waals surface area (Å²) in [5.74, 6) is -0.140. The van der Waals surface area contributed by atoms with Gasteiger partial charge in [-0.3, -0.25) is 14.7 Å². The molecule has 0 N–H and O–H groups in total. The van der Waals surface area contributed by atoms with Crippen LogP contribution in [0.15, 0.2) is 53.7 Å². The molecule has 0 aliphatic carbocycles. The third kappa shape index (κ3) is 4.12. The van der Waals surface area contributed by atoms with Crippen LogP contribution in [0.5, 0.6) is 0 Å². The van der Waals surface area contributed by atoms with E-state index in [0.29, 0.717) is 31.7 Å². The van der Waals surface area contributed by atoms with Crippen molar-refractivity contribution in [3.63, 3.8) is 0 Å². The minimum absolute atomic E-state index is 0.140. The normalized spacial score (nSPS) is 16.7. The van der Waals surface area contributed by atoms with Gasteiger partial charge in [0.2, 0.25) is 10.0 Å². The smallest absolute Gasteiger partial charge is 0.243 e. The molecule has 0 radical (unpaired) electrons. The first kappa shape index (κ1) is 17.7. The van der Waals surface area contributed by atoms with Crippen molar-refractivity contribution in [1.29, 1.82) is 0 Å². The maximum atomic E-state index is 12.8. The number of aromatic nitrogens is 1. The Morgan fingerprint density at radius 3 is 2.52 bits per heavy atom. The molecule has 3 rings (SSSR count). The third-order valence-corrected chi connectivity index (χ3v) is 6.23. The first-order chi connectivity index (χ1) is 12.0. The molecular formula is C18H21N3O3S. The number of nitrogens with zero attached hydrogens (tertiary/aromatic N) is 3. The number of Topliss-reactive ketones (excluding diaryl/α,β-unsaturated/α-hetero) is 1. The Balaban J connectivity index is 1.67. The van der Waals surface area contributed by atoms with E-state index in [4.69, 9.17) is 0 Å². The molecule has 0 unspecified atom stereocenters. The fraction of sp³-hybridized carbons (Fsp3) is 0.333. The number of pyridine rings is 1. The molecule has 1 saturated heterocycles. The van der Waals surface area contributed by atoms with Gasteiger partial charge < -0.3 is 0 Å². The number of rotatable bonds is 5. The molecule has 0 spiro atoms. The lowest BCUT2D eigenvalue weighted by atomic mass is 10.2. The molecule has 132 valence electrons. The molecule has 1 aromatic carbocycles. The highest BCUT2D eigenvalue weighted by Gasteiger charge is 2.28. The van der Waals surface area contributed by atoms with E-state index < -0.39 is 10.0 Å². The monoisotopic (exact) mass is 359 g/mol. The van der Waals surface area contributed by atoms with Crippen molar-refractivity contribution in [2.24, 2.45) is 0 Å². The molecule has 0 saturated carbocycles. The fourth-order valence-corrected chi connectivity index (χ4v) is 4.37. The number of ketones is 1. The van der Waals surface area contributed by atoms with Crippen LogP contribution in [0.2, 0.25) is 0 Å². The van der Waals surface area contributed by atoms with Crippen molar-refractivity contribution >= 4 is 15.8 Å². The number of hydrogen-bond acceptors (Lipinski definition) is 5. The van der Waals surface area contributed by atoms with Gasteiger partial charge in [0.05, 0.1) is 4.90 Å². The molecule has 1 aliphatic heterocycles. The zero-order chi connectivity index (χ0) is 17.9. The Morgan fingerprint density at radius 2 is 1.88 bits per heavy atom. The zero-order valence-corrected chi connectivity index (χ0v) is 14.9. The predicted molar refractivity (Wildman–Crippen MR) is 94.7 cm³/mol. The van der Waals surface area contributed by atoms with Gasteiger partial charge in [-0.2, -0.15) is 4.31 Å². The number of benzene rings is 1. The highest BCUT2D eigenvalue weighted by molar-refractivity contribution is 7.89. The summed E-state index contributed by atoms with van der Waals surface area (Å²) in [4.78, 5) is 18.0. The van der Waals surface area contributed by atoms with Crippen LogP contribution in [0.25, 0.3) is 0 Å². The third-order valence-electron chi connectivity index (χ3n) is 4.34. The molecule has 0 atom stereocenters. The first-order valence-corrected chi connectivity index (χ1v) is 9.63. The molecule has 0 amide bonds. The van der Waals surface area contributed by atoms with E-state index in [9.17, 15) is 13.2 Å². The summed E-state index contributed by atoms with van der Waals surface area (Å²) in [7, 11) is -3.57. The predicted octanol–water partition coefficient (Wildman–Crippen LogP) is 1.79. The fourth-order valence-electron chi connectivity index (χ4n) is 2.90. The highest BCUT2D eigenvalue weighted by Crippen LogP contribution is 2.19. The summed E-state index contributed by atoms with van der Waals surface area (Å²) in [5, 5.41) is 0. The van der Waals surface area contributed by atoms with Crippen LogP contribution >= 0.6 is 0 Å². The van der Waals surface area contributed by atoms with Gasteiger partial charge in [-0.05, 0) is 30.7 Å². The van der Waals surface area contributed by atoms with Crippen molar-refractivity contribution in [3.8, 4) is 0 Å². The standard InChI is InChI=1S/C18H21N3O3S/c1-15(22)17-5-2-6-18(12-17)25(23,24)21-10-8-20(9-11-21)14-16-4-3-7-19-13-16/h2-7,12-13H,8-11,14H2,1H3. The van der Waals surface area contributed by atoms with Crippen LogP contribution < -0.4 is 0 Å². The van der Waals surface area contributed by atoms with E-state index in [1.807, 2.05) is 18.3 Å². The van der Waals surface area contributed by atoms with Crippen molar-refractivity contribution in [1.82, 2.24) is 14.2 Å². The van der Waals surface area contributed by atoms with E-state index >= 15 is 0 Å². The van der Waals surface area contributed by atoms with Crippen LogP contribution in [-0.4, -0.2) is 54.6 Å². The van der Waals surface area contributed by atoms with Crippen LogP contribution in [0, 0.1) is 0 Å². The highest BCUT2D eigenvalue weighted by atomic mass is 32.2. The summed E-state index contributed by atoms with van der Waals surface area (Å²) in [6.07, 6.45) is 3.57. The minimum Gasteiger partial charge on any atom is -0.296 e. The maximum Gasteiger partial charge on any atom is 0.243 e. The Labute approximate surface area is 148 Å². The molecule has 6 nitrogen and oxygen atoms in total. The first-order valence-electron chi connectivity index (χ1n) is 8.19. The van der Waals surface area contributed by atoms with Crippen molar-refractivity contribution in [2.75, 3.05) is 26.2 Å². The van der Waals surface area contributed by atoms with Crippen molar-refractivity contribution in [3.05, 3.63) is 59.9 Å². The Kier molecular flexibility index (Phi) is 5.27. The zero-order valence-electron chi connectivity index (χ0n) is 14.1. The lowest BCUT2D eigenvalue weighted by Gasteiger charge is -2.34. The van der Waals surface area contributed by atoms with Gasteiger partial charge >= 0.3 is 0 Å². The molecule has 1 aromatic heterocycles. The van der Waals surface area contributed by atoms with Crippen LogP contribution in [0.3, 0.4) is 0 Å². The summed E-state index contributed by atoms with van der Waals surface area (Å²) < 4.78 is 27.1. The minimum atomic E-state index is -3.57. The van der Waals surface area contributed by atoms with Crippen LogP contribution in [-0.2, 0) is 16.6 Å². The summed E-state index contributed by atoms with van der Waals surface area (Å²) in [6, 6.07) is 10.2. The molecule has 7 heteroatoms. The van der Waals surface area contributed by atoms with Crippen LogP contribution in [0.4, 0.5) is 0 Å². The lowest BCUT2D eigenvalue weighted by Crippen LogP contribution is -2.48. The van der Waals surface area contributed by atoms with E-state index in [2.05, 4.69) is 9.88 Å². The molecule has 2 aromatic rings. The van der Waals surface area contributed by atoms with Crippen molar-refractivity contribution < 1.29 is 13.2 Å². The van der Waals surface area contributed by atoms with E-state index in [0.717, 1.165) is 12.1 Å². The number of carbonyl (C=O) groups excluding carboxylic acids is 1. The average Bonchev–Trinajstić information content (AvgIpc) is 2.63. The maximum absolute atomic E-state index is 12.8. The van der Waals surface area contributed by atoms with Gasteiger partial charge in [-0.15, -0.1) is 0 Å². The number of piperazine rings is 1. The molecule has 2 heterocycles. The number of hydrogen-bond donors (Lipinski definition) is 0. The molecule has 1 aliphatic rings. The topological polar surface area (TPSA) is 70.6 Å². The Hall–Kier alpha value is -2.09. The van der Waals surface area contributed by atoms with E-state index in [1.54, 1.807) is 24.4 Å². The van der Waals surface area contributed by atoms with Crippen molar-refractivity contribution in [2.45, 2.75) is 18.4 Å². The molecule has 0 bridgehead atoms. The Morgan fingerprint density at radius 1 is 1.12 bits per heavy atom. The van der Waals surface area contributed by atoms with Gasteiger partial charge in [0.1, 0.15) is 0 Å². The summed E-state index contributed by atoms with van der Waals surface area (Å²) in [5.41, 5.74) is 1.53.